The number of carbonyl (C=O) groups excluding carboxylic acids is 1. The van der Waals surface area contributed by atoms with Gasteiger partial charge in [-0.3, -0.25) is 4.79 Å². The average Bonchev–Trinajstić information content (AvgIpc) is 2.91. The van der Waals surface area contributed by atoms with Crippen LogP contribution in [0.5, 0.6) is 0 Å². The molecular weight excluding hydrogens is 278 g/mol. The Hall–Kier alpha value is -1.98. The van der Waals surface area contributed by atoms with Crippen LogP contribution in [0.4, 0.5) is 8.78 Å². The van der Waals surface area contributed by atoms with E-state index in [1.165, 1.54) is 6.07 Å². The third kappa shape index (κ3) is 2.39. The second-order valence-corrected chi connectivity index (χ2v) is 4.85. The molecule has 0 fully saturated rings. The quantitative estimate of drug-likeness (QED) is 0.860. The minimum atomic E-state index is -1.01. The molecule has 0 saturated carbocycles. The fraction of sp³-hybridized carbons (Fsp3) is 0.467. The highest BCUT2D eigenvalue weighted by Gasteiger charge is 2.41. The van der Waals surface area contributed by atoms with Crippen LogP contribution in [0, 0.1) is 11.6 Å². The summed E-state index contributed by atoms with van der Waals surface area (Å²) in [7, 11) is 0. The van der Waals surface area contributed by atoms with Crippen molar-refractivity contribution in [2.45, 2.75) is 39.0 Å². The van der Waals surface area contributed by atoms with E-state index < -0.39 is 23.0 Å². The molecule has 4 nitrogen and oxygen atoms in total. The van der Waals surface area contributed by atoms with E-state index in [9.17, 15) is 13.6 Å². The van der Waals surface area contributed by atoms with Crippen LogP contribution in [0.1, 0.15) is 39.4 Å². The predicted octanol–water partition coefficient (Wildman–Crippen LogP) is 3.46. The van der Waals surface area contributed by atoms with Gasteiger partial charge in [0.2, 0.25) is 0 Å². The van der Waals surface area contributed by atoms with Crippen LogP contribution in [-0.2, 0) is 14.9 Å². The second kappa shape index (κ2) is 5.79. The number of H-pyrrole nitrogens is 1. The lowest BCUT2D eigenvalue weighted by molar-refractivity contribution is -0.150. The number of nitrogens with zero attached hydrogens (tertiary/aromatic N) is 1. The first kappa shape index (κ1) is 15.4. The zero-order valence-corrected chi connectivity index (χ0v) is 12.3. The van der Waals surface area contributed by atoms with E-state index >= 15 is 0 Å². The van der Waals surface area contributed by atoms with Gasteiger partial charge in [-0.25, -0.2) is 13.8 Å². The van der Waals surface area contributed by atoms with E-state index in [-0.39, 0.29) is 12.1 Å². The zero-order chi connectivity index (χ0) is 15.6. The number of ether oxygens (including phenoxy) is 1. The van der Waals surface area contributed by atoms with Crippen molar-refractivity contribution in [3.8, 4) is 0 Å². The SMILES string of the molecule is CCOC(=O)C(CC)(CC)c1nc2c(F)c(F)ccc2[nH]1. The van der Waals surface area contributed by atoms with Crippen LogP contribution < -0.4 is 0 Å². The molecule has 2 aromatic rings. The van der Waals surface area contributed by atoms with E-state index in [1.54, 1.807) is 6.92 Å². The van der Waals surface area contributed by atoms with Gasteiger partial charge in [-0.05, 0) is 31.9 Å². The van der Waals surface area contributed by atoms with Crippen LogP contribution >= 0.6 is 0 Å². The molecule has 0 radical (unpaired) electrons. The maximum atomic E-state index is 13.8. The van der Waals surface area contributed by atoms with E-state index in [1.807, 2.05) is 13.8 Å². The van der Waals surface area contributed by atoms with Gasteiger partial charge in [-0.2, -0.15) is 0 Å². The monoisotopic (exact) mass is 296 g/mol. The molecule has 1 N–H and O–H groups in total. The molecule has 0 saturated heterocycles. The smallest absolute Gasteiger partial charge is 0.319 e. The summed E-state index contributed by atoms with van der Waals surface area (Å²) in [5.41, 5.74) is -0.710. The van der Waals surface area contributed by atoms with Gasteiger partial charge in [-0.1, -0.05) is 13.8 Å². The number of imidazole rings is 1. The molecule has 0 aliphatic rings. The Balaban J connectivity index is 2.61. The van der Waals surface area contributed by atoms with Crippen LogP contribution in [0.25, 0.3) is 11.0 Å². The van der Waals surface area contributed by atoms with Crippen LogP contribution in [0.15, 0.2) is 12.1 Å². The largest absolute Gasteiger partial charge is 0.465 e. The summed E-state index contributed by atoms with van der Waals surface area (Å²) < 4.78 is 32.2. The minimum Gasteiger partial charge on any atom is -0.465 e. The number of carbonyl (C=O) groups is 1. The molecule has 0 bridgehead atoms. The molecule has 0 amide bonds. The summed E-state index contributed by atoms with van der Waals surface area (Å²) >= 11 is 0. The maximum Gasteiger partial charge on any atom is 0.319 e. The Morgan fingerprint density at radius 3 is 2.52 bits per heavy atom. The van der Waals surface area contributed by atoms with Gasteiger partial charge in [0.25, 0.3) is 0 Å². The standard InChI is InChI=1S/C15H18F2N2O2/c1-4-15(5-2,14(20)21-6-3)13-18-10-8-7-9(16)11(17)12(10)19-13/h7-8H,4-6H2,1-3H3,(H,18,19). The molecule has 6 heteroatoms. The molecule has 2 rings (SSSR count). The number of hydrogen-bond donors (Lipinski definition) is 1. The van der Waals surface area contributed by atoms with Crippen molar-refractivity contribution >= 4 is 17.0 Å². The van der Waals surface area contributed by atoms with Gasteiger partial charge in [0.15, 0.2) is 11.6 Å². The Morgan fingerprint density at radius 1 is 1.29 bits per heavy atom. The summed E-state index contributed by atoms with van der Waals surface area (Å²) in [6.45, 7) is 5.65. The van der Waals surface area contributed by atoms with Gasteiger partial charge in [0, 0.05) is 0 Å². The number of esters is 1. The second-order valence-electron chi connectivity index (χ2n) is 4.85. The van der Waals surface area contributed by atoms with Crippen molar-refractivity contribution in [2.24, 2.45) is 0 Å². The first-order chi connectivity index (χ1) is 10.00. The highest BCUT2D eigenvalue weighted by atomic mass is 19.2. The molecule has 1 aromatic carbocycles. The van der Waals surface area contributed by atoms with Crippen molar-refractivity contribution in [1.29, 1.82) is 0 Å². The van der Waals surface area contributed by atoms with E-state index in [2.05, 4.69) is 9.97 Å². The minimum absolute atomic E-state index is 0.0967. The number of rotatable bonds is 5. The van der Waals surface area contributed by atoms with E-state index in [0.717, 1.165) is 6.07 Å². The van der Waals surface area contributed by atoms with Crippen molar-refractivity contribution in [1.82, 2.24) is 9.97 Å². The zero-order valence-electron chi connectivity index (χ0n) is 12.3. The number of nitrogens with one attached hydrogen (secondary N) is 1. The summed E-state index contributed by atoms with van der Waals surface area (Å²) in [6, 6.07) is 2.44. The summed E-state index contributed by atoms with van der Waals surface area (Å²) in [6.07, 6.45) is 0.901. The third-order valence-corrected chi connectivity index (χ3v) is 3.87. The highest BCUT2D eigenvalue weighted by Crippen LogP contribution is 2.33. The summed E-state index contributed by atoms with van der Waals surface area (Å²) in [4.78, 5) is 19.4. The van der Waals surface area contributed by atoms with Gasteiger partial charge in [0.05, 0.1) is 12.1 Å². The van der Waals surface area contributed by atoms with Gasteiger partial charge < -0.3 is 9.72 Å². The highest BCUT2D eigenvalue weighted by molar-refractivity contribution is 5.84. The Bertz CT molecular complexity index is 663. The number of aromatic amines is 1. The first-order valence-corrected chi connectivity index (χ1v) is 7.01. The number of aromatic nitrogens is 2. The topological polar surface area (TPSA) is 55.0 Å². The molecule has 0 atom stereocenters. The van der Waals surface area contributed by atoms with Crippen LogP contribution in [0.2, 0.25) is 0 Å². The van der Waals surface area contributed by atoms with Crippen molar-refractivity contribution in [3.63, 3.8) is 0 Å². The summed E-state index contributed by atoms with van der Waals surface area (Å²) in [5.74, 6) is -2.07. The molecule has 0 aliphatic heterocycles. The number of hydrogen-bond acceptors (Lipinski definition) is 3. The summed E-state index contributed by atoms with van der Waals surface area (Å²) in [5, 5.41) is 0. The van der Waals surface area contributed by atoms with Crippen molar-refractivity contribution in [2.75, 3.05) is 6.61 Å². The van der Waals surface area contributed by atoms with Crippen molar-refractivity contribution in [3.05, 3.63) is 29.6 Å². The molecule has 0 spiro atoms. The first-order valence-electron chi connectivity index (χ1n) is 7.01. The molecule has 0 unspecified atom stereocenters. The predicted molar refractivity (Wildman–Crippen MR) is 74.9 cm³/mol. The van der Waals surface area contributed by atoms with Crippen LogP contribution in [0.3, 0.4) is 0 Å². The Morgan fingerprint density at radius 2 is 1.95 bits per heavy atom. The Labute approximate surface area is 121 Å². The van der Waals surface area contributed by atoms with Gasteiger partial charge in [-0.15, -0.1) is 0 Å². The molecule has 1 aromatic heterocycles. The van der Waals surface area contributed by atoms with Gasteiger partial charge in [0.1, 0.15) is 16.8 Å². The fourth-order valence-electron chi connectivity index (χ4n) is 2.48. The fourth-order valence-corrected chi connectivity index (χ4v) is 2.48. The normalized spacial score (nSPS) is 11.9. The van der Waals surface area contributed by atoms with Crippen LogP contribution in [-0.4, -0.2) is 22.5 Å². The number of benzene rings is 1. The Kier molecular flexibility index (Phi) is 4.25. The average molecular weight is 296 g/mol. The lowest BCUT2D eigenvalue weighted by Gasteiger charge is -2.26. The third-order valence-electron chi connectivity index (χ3n) is 3.87. The van der Waals surface area contributed by atoms with E-state index in [0.29, 0.717) is 24.2 Å². The number of halogens is 2. The number of fused-ring (bicyclic) bond motifs is 1. The van der Waals surface area contributed by atoms with Gasteiger partial charge >= 0.3 is 5.97 Å². The van der Waals surface area contributed by atoms with E-state index in [4.69, 9.17) is 4.74 Å². The molecule has 0 aliphatic carbocycles. The lowest BCUT2D eigenvalue weighted by atomic mass is 9.81. The molecule has 1 heterocycles. The van der Waals surface area contributed by atoms with Crippen molar-refractivity contribution < 1.29 is 18.3 Å². The molecule has 21 heavy (non-hydrogen) atoms. The molecular formula is C15H18F2N2O2. The maximum absolute atomic E-state index is 13.8. The molecule has 114 valence electrons. The lowest BCUT2D eigenvalue weighted by Crippen LogP contribution is -2.37.